The third-order valence-corrected chi connectivity index (χ3v) is 2.35. The smallest absolute Gasteiger partial charge is 0.125 e. The third-order valence-electron chi connectivity index (χ3n) is 2.35. The van der Waals surface area contributed by atoms with Crippen LogP contribution in [0, 0.1) is 0 Å². The quantitative estimate of drug-likeness (QED) is 0.517. The second-order valence-electron chi connectivity index (χ2n) is 5.44. The van der Waals surface area contributed by atoms with E-state index < -0.39 is 12.2 Å². The van der Waals surface area contributed by atoms with Crippen LogP contribution in [0.25, 0.3) is 0 Å². The molecular weight excluding hydrogens is 246 g/mol. The summed E-state index contributed by atoms with van der Waals surface area (Å²) in [6, 6.07) is 0. The number of likely N-dealkylation sites (N-methyl/N-ethyl adjacent to an activating group) is 1. The van der Waals surface area contributed by atoms with Crippen molar-refractivity contribution >= 4 is 11.8 Å². The van der Waals surface area contributed by atoms with Crippen LogP contribution in [0.2, 0.25) is 0 Å². The topological polar surface area (TPSA) is 76.0 Å². The van der Waals surface area contributed by atoms with Gasteiger partial charge in [0.2, 0.25) is 0 Å². The minimum absolute atomic E-state index is 0.0694. The van der Waals surface area contributed by atoms with E-state index >= 15 is 0 Å². The van der Waals surface area contributed by atoms with Gasteiger partial charge in [-0.05, 0) is 6.92 Å². The van der Waals surface area contributed by atoms with Gasteiger partial charge in [-0.15, -0.1) is 6.58 Å². The number of aliphatic carboxylic acids is 1. The zero-order chi connectivity index (χ0) is 15.1. The number of nitrogens with zero attached hydrogens (tertiary/aromatic N) is 3. The minimum atomic E-state index is -1.00. The summed E-state index contributed by atoms with van der Waals surface area (Å²) in [5.41, 5.74) is 0. The van der Waals surface area contributed by atoms with Crippen molar-refractivity contribution in [1.82, 2.24) is 4.90 Å². The number of carboxylic acid groups (broad SMARTS) is 1. The van der Waals surface area contributed by atoms with Crippen LogP contribution in [0.15, 0.2) is 17.6 Å². The Labute approximate surface area is 115 Å². The minimum Gasteiger partial charge on any atom is -0.544 e. The summed E-state index contributed by atoms with van der Waals surface area (Å²) in [5.74, 6) is -0.0486. The maximum Gasteiger partial charge on any atom is 0.125 e. The Morgan fingerprint density at radius 1 is 1.63 bits per heavy atom. The van der Waals surface area contributed by atoms with Crippen molar-refractivity contribution in [2.24, 2.45) is 4.99 Å². The van der Waals surface area contributed by atoms with Crippen LogP contribution >= 0.6 is 0 Å². The number of carbonyl (C=O) groups is 1. The largest absolute Gasteiger partial charge is 0.544 e. The first-order valence-corrected chi connectivity index (χ1v) is 6.26. The molecular formula is C13H25N3O3. The highest BCUT2D eigenvalue weighted by molar-refractivity contribution is 5.85. The maximum absolute atomic E-state index is 9.89. The molecule has 1 aliphatic rings. The maximum atomic E-state index is 9.89. The molecule has 19 heavy (non-hydrogen) atoms. The molecule has 6 heteroatoms. The molecule has 0 radical (unpaired) electrons. The lowest BCUT2D eigenvalue weighted by molar-refractivity contribution is -0.864. The van der Waals surface area contributed by atoms with Crippen molar-refractivity contribution in [3.63, 3.8) is 0 Å². The molecule has 0 amide bonds. The van der Waals surface area contributed by atoms with Gasteiger partial charge in [-0.1, -0.05) is 6.08 Å². The fraction of sp³-hybridized carbons (Fsp3) is 0.692. The lowest BCUT2D eigenvalue weighted by atomic mass is 10.3. The van der Waals surface area contributed by atoms with E-state index in [2.05, 4.69) is 11.6 Å². The molecule has 110 valence electrons. The van der Waals surface area contributed by atoms with Gasteiger partial charge in [0, 0.05) is 13.0 Å². The summed E-state index contributed by atoms with van der Waals surface area (Å²) in [6.07, 6.45) is 2.14. The van der Waals surface area contributed by atoms with Crippen LogP contribution in [0.5, 0.6) is 0 Å². The summed E-state index contributed by atoms with van der Waals surface area (Å²) in [6.45, 7) is 7.09. The van der Waals surface area contributed by atoms with Gasteiger partial charge < -0.3 is 24.4 Å². The highest BCUT2D eigenvalue weighted by Crippen LogP contribution is 2.07. The van der Waals surface area contributed by atoms with Gasteiger partial charge in [0.15, 0.2) is 0 Å². The van der Waals surface area contributed by atoms with Crippen molar-refractivity contribution in [3.05, 3.63) is 12.7 Å². The van der Waals surface area contributed by atoms with Crippen LogP contribution in [0.3, 0.4) is 0 Å². The molecule has 0 aliphatic carbocycles. The van der Waals surface area contributed by atoms with E-state index in [1.54, 1.807) is 34.1 Å². The molecule has 0 aromatic rings. The normalized spacial score (nSPS) is 16.3. The second kappa shape index (κ2) is 7.91. The number of hydrogen-bond acceptors (Lipinski definition) is 5. The number of aliphatic imine (C=N–C) groups is 1. The highest BCUT2D eigenvalue weighted by atomic mass is 16.4. The van der Waals surface area contributed by atoms with E-state index in [1.165, 1.54) is 0 Å². The summed E-state index contributed by atoms with van der Waals surface area (Å²) >= 11 is 0. The molecule has 0 bridgehead atoms. The Morgan fingerprint density at radius 2 is 2.21 bits per heavy atom. The lowest BCUT2D eigenvalue weighted by Crippen LogP contribution is -2.45. The van der Waals surface area contributed by atoms with E-state index in [4.69, 9.17) is 0 Å². The first-order chi connectivity index (χ1) is 8.67. The van der Waals surface area contributed by atoms with Crippen molar-refractivity contribution in [1.29, 1.82) is 0 Å². The van der Waals surface area contributed by atoms with Crippen molar-refractivity contribution in [3.8, 4) is 0 Å². The molecule has 1 atom stereocenters. The second-order valence-corrected chi connectivity index (χ2v) is 5.44. The molecule has 1 rings (SSSR count). The number of hydrogen-bond donors (Lipinski definition) is 1. The first kappa shape index (κ1) is 17.6. The van der Waals surface area contributed by atoms with Gasteiger partial charge in [-0.3, -0.25) is 4.99 Å². The fourth-order valence-electron chi connectivity index (χ4n) is 1.61. The molecule has 1 heterocycles. The van der Waals surface area contributed by atoms with Crippen LogP contribution in [0.4, 0.5) is 0 Å². The molecule has 1 aliphatic heterocycles. The Balaban J connectivity index is 0.000000362. The van der Waals surface area contributed by atoms with Crippen molar-refractivity contribution < 1.29 is 19.5 Å². The average Bonchev–Trinajstić information content (AvgIpc) is 2.63. The number of aliphatic hydroxyl groups excluding tert-OH is 1. The van der Waals surface area contributed by atoms with Gasteiger partial charge in [0.1, 0.15) is 18.6 Å². The summed E-state index contributed by atoms with van der Waals surface area (Å²) in [5, 5.41) is 19.1. The zero-order valence-corrected chi connectivity index (χ0v) is 12.3. The van der Waals surface area contributed by atoms with Crippen LogP contribution < -0.4 is 5.11 Å². The summed E-state index contributed by atoms with van der Waals surface area (Å²) in [4.78, 5) is 16.0. The van der Waals surface area contributed by atoms with Crippen molar-refractivity contribution in [2.45, 2.75) is 19.6 Å². The molecule has 1 unspecified atom stereocenters. The molecule has 0 aromatic carbocycles. The van der Waals surface area contributed by atoms with Crippen LogP contribution in [0.1, 0.15) is 13.3 Å². The van der Waals surface area contributed by atoms with Crippen molar-refractivity contribution in [2.75, 3.05) is 40.8 Å². The molecule has 0 spiro atoms. The monoisotopic (exact) mass is 271 g/mol. The van der Waals surface area contributed by atoms with E-state index in [1.807, 2.05) is 4.90 Å². The average molecular weight is 271 g/mol. The summed E-state index contributed by atoms with van der Waals surface area (Å²) in [7, 11) is 5.40. The van der Waals surface area contributed by atoms with Gasteiger partial charge in [0.05, 0.1) is 33.7 Å². The van der Waals surface area contributed by atoms with Gasteiger partial charge in [-0.2, -0.15) is 0 Å². The number of quaternary nitrogens is 1. The number of amidine groups is 1. The number of rotatable bonds is 5. The third kappa shape index (κ3) is 8.34. The molecule has 0 aromatic heterocycles. The standard InChI is InChI=1S/C8H14N2O.C5H11NO2/c1-3-4-8-9-5-6-10(8)7(2)11;1-6(2,3)4-5(7)8/h3,7,11H,1,4-6H2,2H3;4H2,1-3H3. The Hall–Kier alpha value is -1.40. The van der Waals surface area contributed by atoms with E-state index in [0.717, 1.165) is 25.3 Å². The fourth-order valence-corrected chi connectivity index (χ4v) is 1.61. The van der Waals surface area contributed by atoms with E-state index in [-0.39, 0.29) is 6.54 Å². The van der Waals surface area contributed by atoms with Gasteiger partial charge in [0.25, 0.3) is 0 Å². The Bertz CT molecular complexity index is 333. The number of carbonyl (C=O) groups excluding carboxylic acids is 1. The molecule has 6 nitrogen and oxygen atoms in total. The lowest BCUT2D eigenvalue weighted by Gasteiger charge is -2.23. The first-order valence-electron chi connectivity index (χ1n) is 6.26. The zero-order valence-electron chi connectivity index (χ0n) is 12.3. The van der Waals surface area contributed by atoms with Gasteiger partial charge >= 0.3 is 0 Å². The predicted molar refractivity (Wildman–Crippen MR) is 73.4 cm³/mol. The number of aliphatic hydroxyl groups is 1. The number of carboxylic acids is 1. The predicted octanol–water partition coefficient (Wildman–Crippen LogP) is -0.943. The van der Waals surface area contributed by atoms with E-state index in [0.29, 0.717) is 4.48 Å². The molecule has 1 N–H and O–H groups in total. The molecule has 0 fully saturated rings. The Morgan fingerprint density at radius 3 is 2.53 bits per heavy atom. The molecule has 0 saturated heterocycles. The SMILES string of the molecule is C=CCC1=NCCN1C(C)O.C[N+](C)(C)CC(=O)[O-]. The molecule has 0 saturated carbocycles. The van der Waals surface area contributed by atoms with Crippen LogP contribution in [-0.2, 0) is 4.79 Å². The van der Waals surface area contributed by atoms with E-state index in [9.17, 15) is 15.0 Å². The van der Waals surface area contributed by atoms with Crippen LogP contribution in [-0.4, -0.2) is 73.3 Å². The van der Waals surface area contributed by atoms with Gasteiger partial charge in [-0.25, -0.2) is 0 Å². The Kier molecular flexibility index (Phi) is 7.33. The highest BCUT2D eigenvalue weighted by Gasteiger charge is 2.18. The summed E-state index contributed by atoms with van der Waals surface area (Å²) < 4.78 is 0.419.